The predicted octanol–water partition coefficient (Wildman–Crippen LogP) is 12.6. The Bertz CT molecular complexity index is 3050. The molecule has 0 amide bonds. The average Bonchev–Trinajstić information content (AvgIpc) is 3.49. The van der Waals surface area contributed by atoms with Crippen LogP contribution < -0.4 is 0 Å². The molecule has 11 rings (SSSR count). The highest BCUT2D eigenvalue weighted by Crippen LogP contribution is 2.50. The van der Waals surface area contributed by atoms with Crippen LogP contribution in [0.1, 0.15) is 16.7 Å². The highest BCUT2D eigenvalue weighted by molar-refractivity contribution is 6.26. The van der Waals surface area contributed by atoms with Crippen molar-refractivity contribution in [2.24, 2.45) is 0 Å². The highest BCUT2D eigenvalue weighted by atomic mass is 14.6. The van der Waals surface area contributed by atoms with E-state index in [2.05, 4.69) is 162 Å². The van der Waals surface area contributed by atoms with Gasteiger partial charge in [-0.05, 0) is 117 Å². The van der Waals surface area contributed by atoms with Gasteiger partial charge in [0.2, 0.25) is 0 Å². The van der Waals surface area contributed by atoms with E-state index in [1.807, 2.05) is 18.3 Å². The molecule has 0 atom stereocenters. The van der Waals surface area contributed by atoms with Gasteiger partial charge in [-0.25, -0.2) is 0 Å². The smallest absolute Gasteiger partial charge is 0.0864 e. The van der Waals surface area contributed by atoms with Crippen molar-refractivity contribution in [2.45, 2.75) is 0 Å². The van der Waals surface area contributed by atoms with Crippen LogP contribution in [-0.4, -0.2) is 4.98 Å². The number of nitrogens with zero attached hydrogens (tertiary/aromatic N) is 1. The van der Waals surface area contributed by atoms with E-state index in [0.29, 0.717) is 0 Å². The number of fused-ring (bicyclic) bond motifs is 12. The summed E-state index contributed by atoms with van der Waals surface area (Å²) in [6.07, 6.45) is 8.24. The fourth-order valence-corrected chi connectivity index (χ4v) is 8.39. The lowest BCUT2D eigenvalue weighted by atomic mass is 9.90. The second kappa shape index (κ2) is 10.4. The van der Waals surface area contributed by atoms with Crippen molar-refractivity contribution in [3.63, 3.8) is 0 Å². The van der Waals surface area contributed by atoms with E-state index in [9.17, 15) is 0 Å². The van der Waals surface area contributed by atoms with Crippen LogP contribution in [-0.2, 0) is 0 Å². The monoisotopic (exact) mass is 629 g/mol. The Morgan fingerprint density at radius 1 is 0.440 bits per heavy atom. The van der Waals surface area contributed by atoms with Crippen LogP contribution in [0.15, 0.2) is 158 Å². The van der Waals surface area contributed by atoms with Gasteiger partial charge in [0.05, 0.1) is 11.1 Å². The molecule has 0 spiro atoms. The SMILES string of the molecule is C1#Cc2c(ccc3cccnc23)/C=C\C(c2ccc3c(c2)-c2ccc(-c4ccc5c6ccccc6c6ccccc6c5c4)c4cccc-3c24)=C1. The van der Waals surface area contributed by atoms with Crippen molar-refractivity contribution >= 4 is 65.6 Å². The first kappa shape index (κ1) is 27.2. The fourth-order valence-electron chi connectivity index (χ4n) is 8.39. The molecule has 1 nitrogen and oxygen atoms in total. The molecule has 228 valence electrons. The summed E-state index contributed by atoms with van der Waals surface area (Å²) in [5.41, 5.74) is 12.9. The lowest BCUT2D eigenvalue weighted by molar-refractivity contribution is 1.40. The molecule has 9 aromatic rings. The molecule has 0 saturated carbocycles. The standard InChI is InChI=1S/C49H27N/c1-2-12-39-37(10-1)38-11-3-4-13-40(38)46-29-34(22-24-41(39)46)35-25-26-45-47-28-33(21-23-42(47)44-16-6-15-43(35)48(44)45)30-8-5-14-36-31(18-17-30)19-20-32-9-7-27-50-49(32)36/h1-4,6-13,15-29H/b18-17-,30-8?,30-17?,31-18?. The predicted molar refractivity (Wildman–Crippen MR) is 212 cm³/mol. The van der Waals surface area contributed by atoms with E-state index in [4.69, 9.17) is 0 Å². The van der Waals surface area contributed by atoms with E-state index < -0.39 is 0 Å². The third kappa shape index (κ3) is 3.88. The van der Waals surface area contributed by atoms with Crippen molar-refractivity contribution in [1.82, 2.24) is 4.98 Å². The zero-order valence-corrected chi connectivity index (χ0v) is 27.0. The van der Waals surface area contributed by atoms with Gasteiger partial charge in [-0.1, -0.05) is 145 Å². The second-order valence-electron chi connectivity index (χ2n) is 13.3. The van der Waals surface area contributed by atoms with Crippen LogP contribution in [0.25, 0.3) is 99.0 Å². The van der Waals surface area contributed by atoms with Gasteiger partial charge in [0.25, 0.3) is 0 Å². The molecule has 1 heterocycles. The number of aromatic nitrogens is 1. The van der Waals surface area contributed by atoms with E-state index in [-0.39, 0.29) is 0 Å². The summed E-state index contributed by atoms with van der Waals surface area (Å²) < 4.78 is 0. The van der Waals surface area contributed by atoms with Crippen molar-refractivity contribution in [3.05, 3.63) is 175 Å². The van der Waals surface area contributed by atoms with Gasteiger partial charge in [-0.3, -0.25) is 4.98 Å². The molecule has 0 N–H and O–H groups in total. The van der Waals surface area contributed by atoms with Gasteiger partial charge in [0.1, 0.15) is 0 Å². The Balaban J connectivity index is 1.04. The third-order valence-electron chi connectivity index (χ3n) is 10.7. The van der Waals surface area contributed by atoms with Crippen molar-refractivity contribution in [2.75, 3.05) is 0 Å². The van der Waals surface area contributed by atoms with Crippen LogP contribution in [0.2, 0.25) is 0 Å². The molecule has 2 aliphatic carbocycles. The highest BCUT2D eigenvalue weighted by Gasteiger charge is 2.24. The Morgan fingerprint density at radius 2 is 1.14 bits per heavy atom. The van der Waals surface area contributed by atoms with Crippen LogP contribution in [0, 0.1) is 11.8 Å². The number of benzene rings is 8. The molecule has 0 radical (unpaired) electrons. The first-order chi connectivity index (χ1) is 24.8. The Morgan fingerprint density at radius 3 is 1.98 bits per heavy atom. The maximum atomic E-state index is 4.63. The lowest BCUT2D eigenvalue weighted by Crippen LogP contribution is -1.91. The molecule has 0 bridgehead atoms. The van der Waals surface area contributed by atoms with Gasteiger partial charge in [0, 0.05) is 11.6 Å². The molecular formula is C49H27N. The molecule has 8 aromatic carbocycles. The van der Waals surface area contributed by atoms with E-state index in [1.54, 1.807) is 0 Å². The number of hydrogen-bond donors (Lipinski definition) is 0. The van der Waals surface area contributed by atoms with Gasteiger partial charge in [0.15, 0.2) is 0 Å². The molecule has 1 heteroatoms. The summed E-state index contributed by atoms with van der Waals surface area (Å²) in [6.45, 7) is 0. The first-order valence-corrected chi connectivity index (χ1v) is 17.1. The average molecular weight is 630 g/mol. The molecule has 0 saturated heterocycles. The molecule has 0 aliphatic heterocycles. The van der Waals surface area contributed by atoms with Gasteiger partial charge < -0.3 is 0 Å². The summed E-state index contributed by atoms with van der Waals surface area (Å²) >= 11 is 0. The molecular weight excluding hydrogens is 603 g/mol. The van der Waals surface area contributed by atoms with Crippen molar-refractivity contribution < 1.29 is 0 Å². The van der Waals surface area contributed by atoms with E-state index in [0.717, 1.165) is 33.2 Å². The van der Waals surface area contributed by atoms with E-state index >= 15 is 0 Å². The Kier molecular flexibility index (Phi) is 5.65. The summed E-state index contributed by atoms with van der Waals surface area (Å²) in [5, 5.41) is 11.5. The van der Waals surface area contributed by atoms with Gasteiger partial charge >= 0.3 is 0 Å². The van der Waals surface area contributed by atoms with Gasteiger partial charge in [-0.15, -0.1) is 0 Å². The van der Waals surface area contributed by atoms with Crippen LogP contribution in [0.3, 0.4) is 0 Å². The minimum Gasteiger partial charge on any atom is -0.255 e. The zero-order chi connectivity index (χ0) is 32.8. The summed E-state index contributed by atoms with van der Waals surface area (Å²) in [4.78, 5) is 4.63. The molecule has 2 aliphatic rings. The minimum absolute atomic E-state index is 0.951. The quantitative estimate of drug-likeness (QED) is 0.137. The fraction of sp³-hybridized carbons (Fsp3) is 0. The number of allylic oxidation sites excluding steroid dienone is 3. The molecule has 1 aromatic heterocycles. The summed E-state index contributed by atoms with van der Waals surface area (Å²) in [6, 6.07) is 51.3. The van der Waals surface area contributed by atoms with Crippen molar-refractivity contribution in [3.8, 4) is 45.2 Å². The topological polar surface area (TPSA) is 12.9 Å². The normalized spacial score (nSPS) is 13.5. The Hall–Kier alpha value is -6.75. The zero-order valence-electron chi connectivity index (χ0n) is 27.0. The molecule has 0 unspecified atom stereocenters. The van der Waals surface area contributed by atoms with Crippen molar-refractivity contribution in [1.29, 1.82) is 0 Å². The third-order valence-corrected chi connectivity index (χ3v) is 10.7. The number of hydrogen-bond acceptors (Lipinski definition) is 1. The lowest BCUT2D eigenvalue weighted by Gasteiger charge is -2.14. The minimum atomic E-state index is 0.951. The second-order valence-corrected chi connectivity index (χ2v) is 13.3. The van der Waals surface area contributed by atoms with Gasteiger partial charge in [-0.2, -0.15) is 0 Å². The largest absolute Gasteiger partial charge is 0.255 e. The number of rotatable bonds is 2. The van der Waals surface area contributed by atoms with E-state index in [1.165, 1.54) is 76.5 Å². The Labute approximate surface area is 289 Å². The van der Waals surface area contributed by atoms with Crippen LogP contribution in [0.5, 0.6) is 0 Å². The summed E-state index contributed by atoms with van der Waals surface area (Å²) in [7, 11) is 0. The number of pyridine rings is 1. The summed E-state index contributed by atoms with van der Waals surface area (Å²) in [5.74, 6) is 6.75. The maximum Gasteiger partial charge on any atom is 0.0864 e. The van der Waals surface area contributed by atoms with Crippen LogP contribution in [0.4, 0.5) is 0 Å². The molecule has 50 heavy (non-hydrogen) atoms. The first-order valence-electron chi connectivity index (χ1n) is 17.1. The van der Waals surface area contributed by atoms with Crippen LogP contribution >= 0.6 is 0 Å². The maximum absolute atomic E-state index is 4.63. The molecule has 0 fully saturated rings.